The number of nitrogens with zero attached hydrogens (tertiary/aromatic N) is 2. The Morgan fingerprint density at radius 1 is 1.03 bits per heavy atom. The summed E-state index contributed by atoms with van der Waals surface area (Å²) < 4.78 is 11.6. The van der Waals surface area contributed by atoms with E-state index in [0.29, 0.717) is 24.7 Å². The predicted octanol–water partition coefficient (Wildman–Crippen LogP) is 4.35. The largest absolute Gasteiger partial charge is 0.486 e. The monoisotopic (exact) mass is 390 g/mol. The number of carbonyl (C=O) groups excluding carboxylic acids is 1. The average molecular weight is 390 g/mol. The first-order valence-corrected chi connectivity index (χ1v) is 10.1. The van der Waals surface area contributed by atoms with Crippen molar-refractivity contribution in [1.29, 1.82) is 0 Å². The summed E-state index contributed by atoms with van der Waals surface area (Å²) in [6.07, 6.45) is 2.87. The van der Waals surface area contributed by atoms with Gasteiger partial charge in [-0.2, -0.15) is 0 Å². The number of fused-ring (bicyclic) bond motifs is 1. The second-order valence-corrected chi connectivity index (χ2v) is 7.30. The Kier molecular flexibility index (Phi) is 5.96. The number of rotatable bonds is 6. The lowest BCUT2D eigenvalue weighted by atomic mass is 10.1. The second kappa shape index (κ2) is 8.97. The summed E-state index contributed by atoms with van der Waals surface area (Å²) >= 11 is 0. The van der Waals surface area contributed by atoms with Crippen LogP contribution in [0.25, 0.3) is 10.8 Å². The molecule has 0 bridgehead atoms. The highest BCUT2D eigenvalue weighted by Crippen LogP contribution is 2.22. The molecule has 1 aliphatic rings. The molecule has 5 heteroatoms. The van der Waals surface area contributed by atoms with E-state index in [1.165, 1.54) is 5.39 Å². The fourth-order valence-electron chi connectivity index (χ4n) is 3.68. The molecule has 0 N–H and O–H groups in total. The van der Waals surface area contributed by atoms with Crippen LogP contribution in [-0.2, 0) is 6.61 Å². The number of amides is 1. The van der Waals surface area contributed by atoms with Crippen LogP contribution in [0.2, 0.25) is 0 Å². The van der Waals surface area contributed by atoms with Crippen LogP contribution in [0.15, 0.2) is 71.7 Å². The van der Waals surface area contributed by atoms with Gasteiger partial charge in [-0.3, -0.25) is 9.69 Å². The number of furan rings is 1. The maximum atomic E-state index is 12.8. The lowest BCUT2D eigenvalue weighted by Crippen LogP contribution is -2.35. The standard InChI is InChI=1S/C24H26N2O3/c1-2-12-25-13-5-14-26(16-15-25)24(27)23-11-10-22(29-23)18-28-21-9-8-19-6-3-4-7-20(19)17-21/h2-4,6-11,17H,1,5,12-16,18H2. The van der Waals surface area contributed by atoms with Gasteiger partial charge in [0.1, 0.15) is 18.1 Å². The molecule has 0 aliphatic carbocycles. The van der Waals surface area contributed by atoms with Crippen molar-refractivity contribution in [3.8, 4) is 5.75 Å². The Morgan fingerprint density at radius 3 is 2.76 bits per heavy atom. The molecule has 2 heterocycles. The first kappa shape index (κ1) is 19.3. The first-order valence-electron chi connectivity index (χ1n) is 10.1. The van der Waals surface area contributed by atoms with E-state index >= 15 is 0 Å². The van der Waals surface area contributed by atoms with Crippen molar-refractivity contribution in [3.05, 3.63) is 78.8 Å². The highest BCUT2D eigenvalue weighted by molar-refractivity contribution is 5.91. The number of ether oxygens (including phenoxy) is 1. The zero-order chi connectivity index (χ0) is 20.1. The smallest absolute Gasteiger partial charge is 0.289 e. The molecule has 1 amide bonds. The molecule has 150 valence electrons. The Bertz CT molecular complexity index is 994. The van der Waals surface area contributed by atoms with Gasteiger partial charge in [0.05, 0.1) is 0 Å². The Balaban J connectivity index is 1.36. The maximum absolute atomic E-state index is 12.8. The molecule has 1 saturated heterocycles. The van der Waals surface area contributed by atoms with E-state index in [1.54, 1.807) is 6.07 Å². The molecular weight excluding hydrogens is 364 g/mol. The zero-order valence-electron chi connectivity index (χ0n) is 16.5. The molecule has 3 aromatic rings. The van der Waals surface area contributed by atoms with Gasteiger partial charge in [-0.1, -0.05) is 36.4 Å². The van der Waals surface area contributed by atoms with E-state index in [1.807, 2.05) is 47.4 Å². The van der Waals surface area contributed by atoms with Crippen LogP contribution in [-0.4, -0.2) is 48.4 Å². The number of benzene rings is 2. The maximum Gasteiger partial charge on any atom is 0.289 e. The Morgan fingerprint density at radius 2 is 1.90 bits per heavy atom. The van der Waals surface area contributed by atoms with E-state index in [0.717, 1.165) is 43.7 Å². The molecule has 2 aromatic carbocycles. The Hall–Kier alpha value is -3.05. The molecular formula is C24H26N2O3. The van der Waals surface area contributed by atoms with Crippen molar-refractivity contribution < 1.29 is 13.9 Å². The highest BCUT2D eigenvalue weighted by atomic mass is 16.5. The summed E-state index contributed by atoms with van der Waals surface area (Å²) in [5.41, 5.74) is 0. The van der Waals surface area contributed by atoms with Crippen molar-refractivity contribution in [3.63, 3.8) is 0 Å². The predicted molar refractivity (Wildman–Crippen MR) is 114 cm³/mol. The molecule has 0 saturated carbocycles. The van der Waals surface area contributed by atoms with Gasteiger partial charge in [0.25, 0.3) is 5.91 Å². The van der Waals surface area contributed by atoms with Gasteiger partial charge in [-0.15, -0.1) is 6.58 Å². The molecule has 0 atom stereocenters. The molecule has 29 heavy (non-hydrogen) atoms. The fraction of sp³-hybridized carbons (Fsp3) is 0.292. The van der Waals surface area contributed by atoms with Crippen molar-refractivity contribution in [2.75, 3.05) is 32.7 Å². The minimum absolute atomic E-state index is 0.0533. The zero-order valence-corrected chi connectivity index (χ0v) is 16.5. The molecule has 4 rings (SSSR count). The summed E-state index contributed by atoms with van der Waals surface area (Å²) in [5, 5.41) is 2.31. The van der Waals surface area contributed by atoms with Crippen LogP contribution in [0.4, 0.5) is 0 Å². The van der Waals surface area contributed by atoms with Gasteiger partial charge in [0.2, 0.25) is 0 Å². The number of hydrogen-bond donors (Lipinski definition) is 0. The molecule has 5 nitrogen and oxygen atoms in total. The Labute approximate surface area is 171 Å². The lowest BCUT2D eigenvalue weighted by molar-refractivity contribution is 0.0726. The van der Waals surface area contributed by atoms with Gasteiger partial charge < -0.3 is 14.1 Å². The fourth-order valence-corrected chi connectivity index (χ4v) is 3.68. The second-order valence-electron chi connectivity index (χ2n) is 7.30. The minimum atomic E-state index is -0.0533. The molecule has 1 aromatic heterocycles. The third-order valence-corrected chi connectivity index (χ3v) is 5.24. The summed E-state index contributed by atoms with van der Waals surface area (Å²) in [5.74, 6) is 1.74. The summed E-state index contributed by atoms with van der Waals surface area (Å²) in [7, 11) is 0. The van der Waals surface area contributed by atoms with E-state index in [4.69, 9.17) is 9.15 Å². The van der Waals surface area contributed by atoms with Crippen molar-refractivity contribution in [2.24, 2.45) is 0 Å². The van der Waals surface area contributed by atoms with Gasteiger partial charge in [0, 0.05) is 32.7 Å². The topological polar surface area (TPSA) is 45.9 Å². The van der Waals surface area contributed by atoms with E-state index < -0.39 is 0 Å². The molecule has 1 fully saturated rings. The highest BCUT2D eigenvalue weighted by Gasteiger charge is 2.22. The third kappa shape index (κ3) is 4.69. The molecule has 0 radical (unpaired) electrons. The summed E-state index contributed by atoms with van der Waals surface area (Å²) in [6, 6.07) is 17.7. The van der Waals surface area contributed by atoms with Crippen LogP contribution in [0.5, 0.6) is 5.75 Å². The number of carbonyl (C=O) groups is 1. The molecule has 0 unspecified atom stereocenters. The van der Waals surface area contributed by atoms with E-state index in [-0.39, 0.29) is 5.91 Å². The van der Waals surface area contributed by atoms with Crippen LogP contribution in [0, 0.1) is 0 Å². The van der Waals surface area contributed by atoms with Crippen LogP contribution < -0.4 is 4.74 Å². The lowest BCUT2D eigenvalue weighted by Gasteiger charge is -2.20. The van der Waals surface area contributed by atoms with E-state index in [2.05, 4.69) is 23.6 Å². The van der Waals surface area contributed by atoms with Crippen molar-refractivity contribution >= 4 is 16.7 Å². The van der Waals surface area contributed by atoms with Gasteiger partial charge in [0.15, 0.2) is 5.76 Å². The van der Waals surface area contributed by atoms with Crippen molar-refractivity contribution in [1.82, 2.24) is 9.80 Å². The third-order valence-electron chi connectivity index (χ3n) is 5.24. The van der Waals surface area contributed by atoms with E-state index in [9.17, 15) is 4.79 Å². The quantitative estimate of drug-likeness (QED) is 0.587. The van der Waals surface area contributed by atoms with Crippen molar-refractivity contribution in [2.45, 2.75) is 13.0 Å². The minimum Gasteiger partial charge on any atom is -0.486 e. The van der Waals surface area contributed by atoms with Gasteiger partial charge in [-0.05, 0) is 41.5 Å². The van der Waals surface area contributed by atoms with Crippen LogP contribution in [0.3, 0.4) is 0 Å². The summed E-state index contributed by atoms with van der Waals surface area (Å²) in [4.78, 5) is 17.0. The number of hydrogen-bond acceptors (Lipinski definition) is 4. The SMILES string of the molecule is C=CCN1CCCN(C(=O)c2ccc(COc3ccc4ccccc4c3)o2)CC1. The first-order chi connectivity index (χ1) is 14.2. The molecule has 1 aliphatic heterocycles. The van der Waals surface area contributed by atoms with Gasteiger partial charge >= 0.3 is 0 Å². The van der Waals surface area contributed by atoms with Crippen LogP contribution in [0.1, 0.15) is 22.7 Å². The van der Waals surface area contributed by atoms with Gasteiger partial charge in [-0.25, -0.2) is 0 Å². The normalized spacial score (nSPS) is 15.2. The average Bonchev–Trinajstić information content (AvgIpc) is 3.11. The summed E-state index contributed by atoms with van der Waals surface area (Å²) in [6.45, 7) is 8.24. The van der Waals surface area contributed by atoms with Crippen LogP contribution >= 0.6 is 0 Å². The molecule has 0 spiro atoms.